The number of thioether (sulfide) groups is 1. The molecule has 150 valence electrons. The average molecular weight is 401 g/mol. The Morgan fingerprint density at radius 2 is 1.57 bits per heavy atom. The fraction of sp³-hybridized carbons (Fsp3) is 0.591. The van der Waals surface area contributed by atoms with Crippen molar-refractivity contribution in [2.24, 2.45) is 0 Å². The van der Waals surface area contributed by atoms with Crippen LogP contribution in [0.2, 0.25) is 0 Å². The van der Waals surface area contributed by atoms with Gasteiger partial charge in [0.2, 0.25) is 17.7 Å². The maximum atomic E-state index is 13.0. The zero-order chi connectivity index (χ0) is 19.8. The Balaban J connectivity index is 1.39. The Morgan fingerprint density at radius 1 is 1.00 bits per heavy atom. The van der Waals surface area contributed by atoms with Crippen molar-refractivity contribution in [2.45, 2.75) is 87.1 Å². The minimum absolute atomic E-state index is 0.0172. The predicted octanol–water partition coefficient (Wildman–Crippen LogP) is 3.40. The molecule has 3 aliphatic heterocycles. The number of imide groups is 1. The van der Waals surface area contributed by atoms with E-state index in [1.54, 1.807) is 0 Å². The largest absolute Gasteiger partial charge is 0.336 e. The van der Waals surface area contributed by atoms with Crippen LogP contribution in [0.25, 0.3) is 0 Å². The highest BCUT2D eigenvalue weighted by Crippen LogP contribution is 2.39. The molecule has 3 saturated heterocycles. The van der Waals surface area contributed by atoms with Gasteiger partial charge in [0.15, 0.2) is 0 Å². The van der Waals surface area contributed by atoms with Gasteiger partial charge >= 0.3 is 0 Å². The van der Waals surface area contributed by atoms with E-state index in [9.17, 15) is 14.4 Å². The maximum Gasteiger partial charge on any atom is 0.229 e. The molecule has 0 aliphatic carbocycles. The summed E-state index contributed by atoms with van der Waals surface area (Å²) in [6.45, 7) is 4.34. The quantitative estimate of drug-likeness (QED) is 0.561. The van der Waals surface area contributed by atoms with Gasteiger partial charge in [-0.3, -0.25) is 19.3 Å². The highest BCUT2D eigenvalue weighted by atomic mass is 32.2. The van der Waals surface area contributed by atoms with Crippen LogP contribution in [0.4, 0.5) is 0 Å². The van der Waals surface area contributed by atoms with Crippen LogP contribution >= 0.6 is 11.8 Å². The standard InChI is InChI=1S/C22H28N2O3S/c1-14(2)28-19-7-3-15(4-8-19)11-22(27)23-16-5-6-17(23)13-18(12-16)24-20(25)9-10-21(24)26/h3-4,7-8,14,16-18H,5-6,9-13H2,1-2H3/t16-,17-/m0/s1. The van der Waals surface area contributed by atoms with Gasteiger partial charge in [-0.25, -0.2) is 0 Å². The molecule has 2 bridgehead atoms. The third kappa shape index (κ3) is 3.84. The number of benzene rings is 1. The summed E-state index contributed by atoms with van der Waals surface area (Å²) in [5, 5.41) is 0.541. The molecule has 0 N–H and O–H groups in total. The minimum Gasteiger partial charge on any atom is -0.336 e. The monoisotopic (exact) mass is 400 g/mol. The van der Waals surface area contributed by atoms with E-state index < -0.39 is 0 Å². The van der Waals surface area contributed by atoms with Crippen molar-refractivity contribution >= 4 is 29.5 Å². The molecule has 0 saturated carbocycles. The van der Waals surface area contributed by atoms with Crippen LogP contribution in [-0.4, -0.2) is 50.9 Å². The van der Waals surface area contributed by atoms with Crippen LogP contribution in [-0.2, 0) is 20.8 Å². The molecular formula is C22H28N2O3S. The Bertz CT molecular complexity index is 746. The number of amides is 3. The number of piperidine rings is 1. The number of nitrogens with zero attached hydrogens (tertiary/aromatic N) is 2. The maximum absolute atomic E-state index is 13.0. The van der Waals surface area contributed by atoms with Crippen molar-refractivity contribution in [2.75, 3.05) is 0 Å². The topological polar surface area (TPSA) is 57.7 Å². The fourth-order valence-corrected chi connectivity index (χ4v) is 5.83. The molecule has 3 amide bonds. The fourth-order valence-electron chi connectivity index (χ4n) is 4.99. The Morgan fingerprint density at radius 3 is 2.11 bits per heavy atom. The first-order valence-corrected chi connectivity index (χ1v) is 11.2. The molecule has 1 aromatic rings. The third-order valence-corrected chi connectivity index (χ3v) is 7.12. The molecule has 0 spiro atoms. The van der Waals surface area contributed by atoms with Crippen molar-refractivity contribution in [3.05, 3.63) is 29.8 Å². The van der Waals surface area contributed by atoms with Gasteiger partial charge in [-0.15, -0.1) is 11.8 Å². The van der Waals surface area contributed by atoms with Crippen LogP contribution < -0.4 is 0 Å². The Kier molecular flexibility index (Phi) is 5.50. The molecule has 1 aromatic carbocycles. The lowest BCUT2D eigenvalue weighted by atomic mass is 9.95. The van der Waals surface area contributed by atoms with E-state index in [-0.39, 0.29) is 35.8 Å². The van der Waals surface area contributed by atoms with E-state index in [4.69, 9.17) is 0 Å². The summed E-state index contributed by atoms with van der Waals surface area (Å²) >= 11 is 1.82. The first kappa shape index (κ1) is 19.5. The van der Waals surface area contributed by atoms with E-state index in [0.717, 1.165) is 31.2 Å². The molecule has 0 unspecified atom stereocenters. The van der Waals surface area contributed by atoms with Crippen molar-refractivity contribution < 1.29 is 14.4 Å². The van der Waals surface area contributed by atoms with Gasteiger partial charge in [-0.2, -0.15) is 0 Å². The number of carbonyl (C=O) groups is 3. The van der Waals surface area contributed by atoms with Crippen molar-refractivity contribution in [3.8, 4) is 0 Å². The summed E-state index contributed by atoms with van der Waals surface area (Å²) < 4.78 is 0. The second-order valence-electron chi connectivity index (χ2n) is 8.46. The van der Waals surface area contributed by atoms with Crippen molar-refractivity contribution in [3.63, 3.8) is 0 Å². The number of rotatable bonds is 5. The van der Waals surface area contributed by atoms with E-state index in [1.165, 1.54) is 9.80 Å². The van der Waals surface area contributed by atoms with Crippen LogP contribution in [0, 0.1) is 0 Å². The molecule has 0 radical (unpaired) electrons. The van der Waals surface area contributed by atoms with Crippen molar-refractivity contribution in [1.29, 1.82) is 0 Å². The van der Waals surface area contributed by atoms with Gasteiger partial charge in [-0.1, -0.05) is 26.0 Å². The highest BCUT2D eigenvalue weighted by molar-refractivity contribution is 7.99. The molecule has 4 rings (SSSR count). The van der Waals surface area contributed by atoms with Gasteiger partial charge in [-0.05, 0) is 43.4 Å². The lowest BCUT2D eigenvalue weighted by Gasteiger charge is -2.41. The summed E-state index contributed by atoms with van der Waals surface area (Å²) in [6, 6.07) is 8.60. The molecule has 28 heavy (non-hydrogen) atoms. The molecular weight excluding hydrogens is 372 g/mol. The third-order valence-electron chi connectivity index (χ3n) is 6.10. The first-order valence-electron chi connectivity index (χ1n) is 10.3. The SMILES string of the molecule is CC(C)Sc1ccc(CC(=O)N2[C@H]3CC[C@H]2CC(N2C(=O)CCC2=O)C3)cc1. The van der Waals surface area contributed by atoms with Gasteiger partial charge in [0, 0.05) is 41.1 Å². The number of fused-ring (bicyclic) bond motifs is 2. The number of hydrogen-bond acceptors (Lipinski definition) is 4. The minimum atomic E-state index is -0.0338. The van der Waals surface area contributed by atoms with Crippen LogP contribution in [0.15, 0.2) is 29.2 Å². The number of likely N-dealkylation sites (tertiary alicyclic amines) is 1. The Labute approximate surface area is 170 Å². The Hall–Kier alpha value is -1.82. The van der Waals surface area contributed by atoms with Crippen LogP contribution in [0.5, 0.6) is 0 Å². The lowest BCUT2D eigenvalue weighted by molar-refractivity contribution is -0.144. The summed E-state index contributed by atoms with van der Waals surface area (Å²) in [7, 11) is 0. The van der Waals surface area contributed by atoms with E-state index in [0.29, 0.717) is 24.5 Å². The zero-order valence-corrected chi connectivity index (χ0v) is 17.4. The summed E-state index contributed by atoms with van der Waals surface area (Å²) in [5.41, 5.74) is 1.05. The number of hydrogen-bond donors (Lipinski definition) is 0. The van der Waals surface area contributed by atoms with Gasteiger partial charge in [0.05, 0.1) is 6.42 Å². The van der Waals surface area contributed by atoms with E-state index in [2.05, 4.69) is 43.0 Å². The van der Waals surface area contributed by atoms with Gasteiger partial charge in [0.25, 0.3) is 0 Å². The molecule has 3 heterocycles. The zero-order valence-electron chi connectivity index (χ0n) is 16.6. The number of carbonyl (C=O) groups excluding carboxylic acids is 3. The highest BCUT2D eigenvalue weighted by Gasteiger charge is 2.47. The lowest BCUT2D eigenvalue weighted by Crippen LogP contribution is -2.54. The first-order chi connectivity index (χ1) is 13.4. The van der Waals surface area contributed by atoms with Crippen LogP contribution in [0.3, 0.4) is 0 Å². The second-order valence-corrected chi connectivity index (χ2v) is 10.1. The summed E-state index contributed by atoms with van der Waals surface area (Å²) in [4.78, 5) is 42.0. The summed E-state index contributed by atoms with van der Waals surface area (Å²) in [5.74, 6) is 0.108. The molecule has 0 aromatic heterocycles. The van der Waals surface area contributed by atoms with Gasteiger partial charge < -0.3 is 4.90 Å². The second kappa shape index (κ2) is 7.90. The molecule has 3 fully saturated rings. The molecule has 3 aliphatic rings. The van der Waals surface area contributed by atoms with E-state index in [1.807, 2.05) is 11.8 Å². The smallest absolute Gasteiger partial charge is 0.229 e. The molecule has 5 nitrogen and oxygen atoms in total. The molecule has 2 atom stereocenters. The van der Waals surface area contributed by atoms with Crippen molar-refractivity contribution in [1.82, 2.24) is 9.80 Å². The van der Waals surface area contributed by atoms with Gasteiger partial charge in [0.1, 0.15) is 0 Å². The van der Waals surface area contributed by atoms with E-state index >= 15 is 0 Å². The molecule has 6 heteroatoms. The normalized spacial score (nSPS) is 27.2. The predicted molar refractivity (Wildman–Crippen MR) is 109 cm³/mol. The average Bonchev–Trinajstić information content (AvgIpc) is 3.12. The summed E-state index contributed by atoms with van der Waals surface area (Å²) in [6.07, 6.45) is 4.55. The van der Waals surface area contributed by atoms with Crippen LogP contribution in [0.1, 0.15) is 57.9 Å².